The van der Waals surface area contributed by atoms with Gasteiger partial charge in [0.1, 0.15) is 5.75 Å². The van der Waals surface area contributed by atoms with Gasteiger partial charge >= 0.3 is 0 Å². The molecule has 0 aromatic heterocycles. The Morgan fingerprint density at radius 2 is 1.83 bits per heavy atom. The maximum Gasteiger partial charge on any atom is 0.243 e. The molecule has 3 rings (SSSR count). The Labute approximate surface area is 176 Å². The lowest BCUT2D eigenvalue weighted by Crippen LogP contribution is -2.41. The van der Waals surface area contributed by atoms with E-state index in [9.17, 15) is 13.2 Å². The minimum absolute atomic E-state index is 0.0893. The Morgan fingerprint density at radius 1 is 1.17 bits per heavy atom. The first-order valence-electron chi connectivity index (χ1n) is 9.61. The van der Waals surface area contributed by atoms with E-state index in [0.717, 1.165) is 11.3 Å². The van der Waals surface area contributed by atoms with Gasteiger partial charge in [0.15, 0.2) is 0 Å². The van der Waals surface area contributed by atoms with Gasteiger partial charge < -0.3 is 10.1 Å². The summed E-state index contributed by atoms with van der Waals surface area (Å²) in [5.41, 5.74) is 1.62. The first-order valence-corrected chi connectivity index (χ1v) is 11.4. The van der Waals surface area contributed by atoms with Gasteiger partial charge in [0.2, 0.25) is 15.9 Å². The van der Waals surface area contributed by atoms with Crippen molar-refractivity contribution in [3.05, 3.63) is 53.1 Å². The number of sulfonamides is 1. The second-order valence-electron chi connectivity index (χ2n) is 7.03. The number of nitrogens with one attached hydrogen (secondary N) is 1. The number of carbonyl (C=O) groups excluding carboxylic acids is 1. The molecule has 1 aliphatic heterocycles. The molecule has 0 spiro atoms. The average Bonchev–Trinajstić information content (AvgIpc) is 2.71. The second-order valence-corrected chi connectivity index (χ2v) is 9.41. The third-order valence-corrected chi connectivity index (χ3v) is 7.19. The molecule has 2 aromatic carbocycles. The zero-order valence-electron chi connectivity index (χ0n) is 16.5. The smallest absolute Gasteiger partial charge is 0.243 e. The molecule has 0 bridgehead atoms. The molecule has 156 valence electrons. The van der Waals surface area contributed by atoms with E-state index in [1.165, 1.54) is 4.31 Å². The summed E-state index contributed by atoms with van der Waals surface area (Å²) in [7, 11) is -3.58. The van der Waals surface area contributed by atoms with Crippen molar-refractivity contribution < 1.29 is 17.9 Å². The number of aryl methyl sites for hydroxylation is 1. The molecule has 6 nitrogen and oxygen atoms in total. The monoisotopic (exact) mass is 436 g/mol. The third-order valence-electron chi connectivity index (χ3n) is 5.04. The van der Waals surface area contributed by atoms with E-state index < -0.39 is 10.0 Å². The quantitative estimate of drug-likeness (QED) is 0.740. The van der Waals surface area contributed by atoms with Gasteiger partial charge in [-0.05, 0) is 74.7 Å². The summed E-state index contributed by atoms with van der Waals surface area (Å²) in [4.78, 5) is 12.8. The topological polar surface area (TPSA) is 75.7 Å². The van der Waals surface area contributed by atoms with Gasteiger partial charge in [0, 0.05) is 29.7 Å². The minimum Gasteiger partial charge on any atom is -0.494 e. The van der Waals surface area contributed by atoms with Crippen LogP contribution >= 0.6 is 11.6 Å². The lowest BCUT2D eigenvalue weighted by Gasteiger charge is -2.30. The molecule has 2 aromatic rings. The van der Waals surface area contributed by atoms with E-state index >= 15 is 0 Å². The fourth-order valence-electron chi connectivity index (χ4n) is 3.38. The van der Waals surface area contributed by atoms with Crippen LogP contribution in [-0.4, -0.2) is 38.3 Å². The van der Waals surface area contributed by atoms with Crippen LogP contribution in [0.25, 0.3) is 0 Å². The maximum atomic E-state index is 12.9. The van der Waals surface area contributed by atoms with E-state index in [1.54, 1.807) is 42.5 Å². The molecular formula is C21H25ClN2O4S. The molecule has 1 N–H and O–H groups in total. The summed E-state index contributed by atoms with van der Waals surface area (Å²) in [5, 5.41) is 3.55. The van der Waals surface area contributed by atoms with Crippen LogP contribution in [0.4, 0.5) is 5.69 Å². The van der Waals surface area contributed by atoms with Gasteiger partial charge in [-0.3, -0.25) is 4.79 Å². The third kappa shape index (κ3) is 5.10. The predicted octanol–water partition coefficient (Wildman–Crippen LogP) is 4.09. The normalized spacial score (nSPS) is 15.8. The Hall–Kier alpha value is -2.09. The molecule has 8 heteroatoms. The van der Waals surface area contributed by atoms with Gasteiger partial charge in [-0.15, -0.1) is 0 Å². The van der Waals surface area contributed by atoms with Crippen molar-refractivity contribution in [2.24, 2.45) is 5.92 Å². The molecule has 1 heterocycles. The number of benzene rings is 2. The molecule has 0 aliphatic carbocycles. The highest BCUT2D eigenvalue weighted by molar-refractivity contribution is 7.89. The minimum atomic E-state index is -3.58. The molecule has 0 unspecified atom stereocenters. The number of carbonyl (C=O) groups is 1. The number of halogens is 1. The average molecular weight is 437 g/mol. The SMILES string of the molecule is CCOc1ccc(S(=O)(=O)N2CCC(C(=O)Nc3ccc(Cl)cc3C)CC2)cc1. The molecule has 0 saturated carbocycles. The van der Waals surface area contributed by atoms with Crippen LogP contribution < -0.4 is 10.1 Å². The maximum absolute atomic E-state index is 12.9. The van der Waals surface area contributed by atoms with Crippen molar-refractivity contribution in [1.82, 2.24) is 4.31 Å². The molecule has 1 amide bonds. The first-order chi connectivity index (χ1) is 13.8. The van der Waals surface area contributed by atoms with Crippen molar-refractivity contribution in [1.29, 1.82) is 0 Å². The van der Waals surface area contributed by atoms with E-state index in [0.29, 0.717) is 43.3 Å². The molecule has 1 fully saturated rings. The summed E-state index contributed by atoms with van der Waals surface area (Å²) in [6.07, 6.45) is 0.962. The van der Waals surface area contributed by atoms with Crippen molar-refractivity contribution in [3.63, 3.8) is 0 Å². The van der Waals surface area contributed by atoms with Gasteiger partial charge in [0.05, 0.1) is 11.5 Å². The van der Waals surface area contributed by atoms with Gasteiger partial charge in [0.25, 0.3) is 0 Å². The fraction of sp³-hybridized carbons (Fsp3) is 0.381. The molecule has 1 aliphatic rings. The lowest BCUT2D eigenvalue weighted by molar-refractivity contribution is -0.120. The lowest BCUT2D eigenvalue weighted by atomic mass is 9.97. The van der Waals surface area contributed by atoms with Crippen molar-refractivity contribution in [2.75, 3.05) is 25.0 Å². The van der Waals surface area contributed by atoms with Crippen LogP contribution in [0.2, 0.25) is 5.02 Å². The standard InChI is InChI=1S/C21H25ClN2O4S/c1-3-28-18-5-7-19(8-6-18)29(26,27)24-12-10-16(11-13-24)21(25)23-20-9-4-17(22)14-15(20)2/h4-9,14,16H,3,10-13H2,1-2H3,(H,23,25). The molecule has 29 heavy (non-hydrogen) atoms. The van der Waals surface area contributed by atoms with Crippen LogP contribution in [-0.2, 0) is 14.8 Å². The predicted molar refractivity (Wildman–Crippen MR) is 114 cm³/mol. The highest BCUT2D eigenvalue weighted by Crippen LogP contribution is 2.27. The number of anilines is 1. The first kappa shape index (κ1) is 21.6. The number of piperidine rings is 1. The number of hydrogen-bond acceptors (Lipinski definition) is 4. The Balaban J connectivity index is 1.61. The molecule has 1 saturated heterocycles. The van der Waals surface area contributed by atoms with Gasteiger partial charge in [-0.2, -0.15) is 4.31 Å². The number of rotatable bonds is 6. The second kappa shape index (κ2) is 9.15. The zero-order valence-corrected chi connectivity index (χ0v) is 18.1. The molecular weight excluding hydrogens is 412 g/mol. The van der Waals surface area contributed by atoms with Gasteiger partial charge in [-0.1, -0.05) is 11.6 Å². The van der Waals surface area contributed by atoms with Crippen LogP contribution in [0.15, 0.2) is 47.4 Å². The summed E-state index contributed by atoms with van der Waals surface area (Å²) >= 11 is 5.95. The summed E-state index contributed by atoms with van der Waals surface area (Å²) in [5.74, 6) is 0.324. The van der Waals surface area contributed by atoms with Crippen molar-refractivity contribution in [2.45, 2.75) is 31.6 Å². The van der Waals surface area contributed by atoms with E-state index in [2.05, 4.69) is 5.32 Å². The van der Waals surface area contributed by atoms with Crippen LogP contribution in [0.1, 0.15) is 25.3 Å². The van der Waals surface area contributed by atoms with E-state index in [-0.39, 0.29) is 16.7 Å². The van der Waals surface area contributed by atoms with Gasteiger partial charge in [-0.25, -0.2) is 8.42 Å². The van der Waals surface area contributed by atoms with Crippen molar-refractivity contribution >= 4 is 33.2 Å². The van der Waals surface area contributed by atoms with Crippen molar-refractivity contribution in [3.8, 4) is 5.75 Å². The van der Waals surface area contributed by atoms with E-state index in [4.69, 9.17) is 16.3 Å². The number of ether oxygens (including phenoxy) is 1. The largest absolute Gasteiger partial charge is 0.494 e. The van der Waals surface area contributed by atoms with Crippen LogP contribution in [0.3, 0.4) is 0 Å². The highest BCUT2D eigenvalue weighted by Gasteiger charge is 2.32. The number of amides is 1. The summed E-state index contributed by atoms with van der Waals surface area (Å²) < 4.78 is 32.6. The summed E-state index contributed by atoms with van der Waals surface area (Å²) in [6, 6.07) is 11.7. The molecule has 0 atom stereocenters. The Morgan fingerprint density at radius 3 is 2.41 bits per heavy atom. The van der Waals surface area contributed by atoms with E-state index in [1.807, 2.05) is 13.8 Å². The Kier molecular flexibility index (Phi) is 6.82. The number of nitrogens with zero attached hydrogens (tertiary/aromatic N) is 1. The Bertz CT molecular complexity index is 969. The fourth-order valence-corrected chi connectivity index (χ4v) is 5.08. The summed E-state index contributed by atoms with van der Waals surface area (Å²) in [6.45, 7) is 4.91. The zero-order chi connectivity index (χ0) is 21.0. The highest BCUT2D eigenvalue weighted by atomic mass is 35.5. The molecule has 0 radical (unpaired) electrons. The van der Waals surface area contributed by atoms with Crippen LogP contribution in [0, 0.1) is 12.8 Å². The number of hydrogen-bond donors (Lipinski definition) is 1. The van der Waals surface area contributed by atoms with Crippen LogP contribution in [0.5, 0.6) is 5.75 Å².